The smallest absolute Gasteiger partial charge is 0.000202 e. The van der Waals surface area contributed by atoms with Gasteiger partial charge in [-0.05, 0) is 21.8 Å². The lowest BCUT2D eigenvalue weighted by molar-refractivity contribution is 1.50. The van der Waals surface area contributed by atoms with Crippen LogP contribution in [-0.2, 0) is 0 Å². The van der Waals surface area contributed by atoms with Gasteiger partial charge in [-0.25, -0.2) is 0 Å². The minimum absolute atomic E-state index is 1.15. The van der Waals surface area contributed by atoms with Crippen LogP contribution < -0.4 is 10.4 Å². The fourth-order valence-electron chi connectivity index (χ4n) is 1.08. The second-order valence-electron chi connectivity index (χ2n) is 2.52. The summed E-state index contributed by atoms with van der Waals surface area (Å²) in [6.07, 6.45) is 3.80. The standard InChI is InChI=1S/C11H11Br/c1-3-6-10-7-4-5-8-11(10)9(2)12/h3-8H,1H2,2H3/b10-6-,11-9+. The SMILES string of the molecule is C=C/C=c1/cccc/c1=C(/C)Br. The molecule has 0 heterocycles. The maximum atomic E-state index is 3.68. The Morgan fingerprint density at radius 1 is 1.42 bits per heavy atom. The van der Waals surface area contributed by atoms with E-state index < -0.39 is 0 Å². The fraction of sp³-hybridized carbons (Fsp3) is 0.0909. The maximum absolute atomic E-state index is 3.68. The van der Waals surface area contributed by atoms with E-state index in [1.165, 1.54) is 10.4 Å². The van der Waals surface area contributed by atoms with Crippen molar-refractivity contribution in [2.24, 2.45) is 0 Å². The lowest BCUT2D eigenvalue weighted by Gasteiger charge is -1.90. The normalized spacial score (nSPS) is 14.3. The van der Waals surface area contributed by atoms with Crippen LogP contribution in [0.25, 0.3) is 10.6 Å². The zero-order valence-corrected chi connectivity index (χ0v) is 8.64. The van der Waals surface area contributed by atoms with Crippen molar-refractivity contribution in [3.05, 3.63) is 47.4 Å². The van der Waals surface area contributed by atoms with Gasteiger partial charge < -0.3 is 0 Å². The van der Waals surface area contributed by atoms with Crippen molar-refractivity contribution < 1.29 is 0 Å². The van der Waals surface area contributed by atoms with Crippen LogP contribution in [0.15, 0.2) is 36.9 Å². The highest BCUT2D eigenvalue weighted by Gasteiger charge is 1.85. The van der Waals surface area contributed by atoms with Gasteiger partial charge in [0.15, 0.2) is 0 Å². The highest BCUT2D eigenvalue weighted by molar-refractivity contribution is 9.14. The summed E-state index contributed by atoms with van der Waals surface area (Å²) < 4.78 is 1.15. The van der Waals surface area contributed by atoms with Gasteiger partial charge >= 0.3 is 0 Å². The van der Waals surface area contributed by atoms with E-state index in [4.69, 9.17) is 0 Å². The molecule has 0 fully saturated rings. The molecular formula is C11H11Br. The van der Waals surface area contributed by atoms with Crippen molar-refractivity contribution in [2.45, 2.75) is 6.92 Å². The van der Waals surface area contributed by atoms with Gasteiger partial charge in [-0.1, -0.05) is 58.9 Å². The molecule has 0 saturated carbocycles. The highest BCUT2D eigenvalue weighted by atomic mass is 79.9. The van der Waals surface area contributed by atoms with Gasteiger partial charge in [0.2, 0.25) is 0 Å². The van der Waals surface area contributed by atoms with Gasteiger partial charge in [-0.2, -0.15) is 0 Å². The molecule has 0 N–H and O–H groups in total. The predicted octanol–water partition coefficient (Wildman–Crippen LogP) is 2.18. The van der Waals surface area contributed by atoms with Crippen LogP contribution in [-0.4, -0.2) is 0 Å². The number of halogens is 1. The van der Waals surface area contributed by atoms with E-state index >= 15 is 0 Å². The van der Waals surface area contributed by atoms with Crippen LogP contribution in [0.2, 0.25) is 0 Å². The first-order chi connectivity index (χ1) is 5.75. The Bertz CT molecular complexity index is 384. The Morgan fingerprint density at radius 3 is 2.67 bits per heavy atom. The van der Waals surface area contributed by atoms with E-state index in [1.807, 2.05) is 25.1 Å². The molecule has 0 unspecified atom stereocenters. The molecule has 0 aromatic heterocycles. The summed E-state index contributed by atoms with van der Waals surface area (Å²) in [5.41, 5.74) is 0. The zero-order valence-electron chi connectivity index (χ0n) is 7.05. The molecule has 0 aliphatic rings. The first kappa shape index (κ1) is 9.27. The summed E-state index contributed by atoms with van der Waals surface area (Å²) >= 11 is 3.47. The summed E-state index contributed by atoms with van der Waals surface area (Å²) in [4.78, 5) is 0. The molecule has 0 bridgehead atoms. The molecule has 0 nitrogen and oxygen atoms in total. The van der Waals surface area contributed by atoms with Crippen molar-refractivity contribution in [1.29, 1.82) is 0 Å². The van der Waals surface area contributed by atoms with Crippen LogP contribution in [0.1, 0.15) is 6.92 Å². The van der Waals surface area contributed by atoms with Gasteiger partial charge in [-0.3, -0.25) is 0 Å². The molecule has 1 rings (SSSR count). The van der Waals surface area contributed by atoms with E-state index in [0.29, 0.717) is 0 Å². The Balaban J connectivity index is 3.60. The van der Waals surface area contributed by atoms with Crippen molar-refractivity contribution in [2.75, 3.05) is 0 Å². The predicted molar refractivity (Wildman–Crippen MR) is 58.4 cm³/mol. The van der Waals surface area contributed by atoms with Crippen LogP contribution >= 0.6 is 15.9 Å². The minimum Gasteiger partial charge on any atom is -0.0990 e. The average Bonchev–Trinajstić information content (AvgIpc) is 2.05. The largest absolute Gasteiger partial charge is 0.0990 e. The summed E-state index contributed by atoms with van der Waals surface area (Å²) in [7, 11) is 0. The van der Waals surface area contributed by atoms with E-state index in [2.05, 4.69) is 34.6 Å². The van der Waals surface area contributed by atoms with Gasteiger partial charge in [-0.15, -0.1) is 0 Å². The summed E-state index contributed by atoms with van der Waals surface area (Å²) in [5, 5.41) is 2.42. The topological polar surface area (TPSA) is 0 Å². The third-order valence-corrected chi connectivity index (χ3v) is 2.06. The van der Waals surface area contributed by atoms with Crippen molar-refractivity contribution >= 4 is 26.5 Å². The van der Waals surface area contributed by atoms with Crippen LogP contribution in [0, 0.1) is 0 Å². The van der Waals surface area contributed by atoms with Crippen LogP contribution in [0.3, 0.4) is 0 Å². The average molecular weight is 223 g/mol. The molecule has 1 aromatic carbocycles. The third kappa shape index (κ3) is 2.08. The molecule has 0 amide bonds. The molecule has 12 heavy (non-hydrogen) atoms. The second kappa shape index (κ2) is 4.27. The lowest BCUT2D eigenvalue weighted by Crippen LogP contribution is -2.24. The molecular weight excluding hydrogens is 212 g/mol. The van der Waals surface area contributed by atoms with Crippen molar-refractivity contribution in [3.8, 4) is 0 Å². The van der Waals surface area contributed by atoms with E-state index in [0.717, 1.165) is 4.48 Å². The number of rotatable bonds is 1. The first-order valence-corrected chi connectivity index (χ1v) is 4.59. The summed E-state index contributed by atoms with van der Waals surface area (Å²) in [6.45, 7) is 5.71. The molecule has 62 valence electrons. The molecule has 0 atom stereocenters. The second-order valence-corrected chi connectivity index (χ2v) is 3.71. The van der Waals surface area contributed by atoms with E-state index in [1.54, 1.807) is 6.08 Å². The van der Waals surface area contributed by atoms with E-state index in [9.17, 15) is 0 Å². The summed E-state index contributed by atoms with van der Waals surface area (Å²) in [6, 6.07) is 8.20. The Labute approximate surface area is 81.1 Å². The Kier molecular flexibility index (Phi) is 3.30. The maximum Gasteiger partial charge on any atom is -0.000202 e. The van der Waals surface area contributed by atoms with Crippen molar-refractivity contribution in [3.63, 3.8) is 0 Å². The number of hydrogen-bond donors (Lipinski definition) is 0. The van der Waals surface area contributed by atoms with Crippen LogP contribution in [0.5, 0.6) is 0 Å². The Morgan fingerprint density at radius 2 is 2.08 bits per heavy atom. The molecule has 0 radical (unpaired) electrons. The zero-order chi connectivity index (χ0) is 8.97. The molecule has 0 spiro atoms. The monoisotopic (exact) mass is 222 g/mol. The molecule has 0 aliphatic carbocycles. The fourth-order valence-corrected chi connectivity index (χ4v) is 1.44. The van der Waals surface area contributed by atoms with Crippen LogP contribution in [0.4, 0.5) is 0 Å². The van der Waals surface area contributed by atoms with Gasteiger partial charge in [0.1, 0.15) is 0 Å². The lowest BCUT2D eigenvalue weighted by atomic mass is 10.2. The molecule has 1 aromatic rings. The third-order valence-electron chi connectivity index (χ3n) is 1.63. The van der Waals surface area contributed by atoms with Gasteiger partial charge in [0, 0.05) is 0 Å². The number of hydrogen-bond acceptors (Lipinski definition) is 0. The molecule has 1 heteroatoms. The van der Waals surface area contributed by atoms with E-state index in [-0.39, 0.29) is 0 Å². The molecule has 0 aliphatic heterocycles. The first-order valence-electron chi connectivity index (χ1n) is 3.80. The minimum atomic E-state index is 1.15. The highest BCUT2D eigenvalue weighted by Crippen LogP contribution is 1.97. The summed E-state index contributed by atoms with van der Waals surface area (Å²) in [5.74, 6) is 0. The quantitative estimate of drug-likeness (QED) is 0.684. The van der Waals surface area contributed by atoms with Gasteiger partial charge in [0.25, 0.3) is 0 Å². The van der Waals surface area contributed by atoms with Gasteiger partial charge in [0.05, 0.1) is 0 Å². The Hall–Kier alpha value is -0.820. The van der Waals surface area contributed by atoms with Crippen molar-refractivity contribution in [1.82, 2.24) is 0 Å². The number of allylic oxidation sites excluding steroid dienone is 1. The number of benzene rings is 1. The molecule has 0 saturated heterocycles.